The summed E-state index contributed by atoms with van der Waals surface area (Å²) in [5.41, 5.74) is 1.40. The fourth-order valence-electron chi connectivity index (χ4n) is 3.16. The van der Waals surface area contributed by atoms with Gasteiger partial charge in [0.15, 0.2) is 0 Å². The minimum Gasteiger partial charge on any atom is -0.362 e. The van der Waals surface area contributed by atoms with Crippen LogP contribution in [0.5, 0.6) is 0 Å². The van der Waals surface area contributed by atoms with Crippen LogP contribution >= 0.6 is 11.6 Å². The highest BCUT2D eigenvalue weighted by molar-refractivity contribution is 7.89. The summed E-state index contributed by atoms with van der Waals surface area (Å²) in [6.07, 6.45) is 3.35. The molecule has 12 heteroatoms. The lowest BCUT2D eigenvalue weighted by Crippen LogP contribution is -2.18. The second-order valence-corrected chi connectivity index (χ2v) is 9.34. The van der Waals surface area contributed by atoms with Crippen molar-refractivity contribution < 1.29 is 18.0 Å². The summed E-state index contributed by atoms with van der Waals surface area (Å²) in [4.78, 5) is 32.7. The Morgan fingerprint density at radius 1 is 1.09 bits per heavy atom. The summed E-state index contributed by atoms with van der Waals surface area (Å²) in [7, 11) is -3.84. The zero-order valence-corrected chi connectivity index (χ0v) is 19.9. The van der Waals surface area contributed by atoms with Gasteiger partial charge < -0.3 is 16.0 Å². The van der Waals surface area contributed by atoms with Crippen molar-refractivity contribution in [2.24, 2.45) is 5.14 Å². The summed E-state index contributed by atoms with van der Waals surface area (Å²) in [6.45, 7) is 3.26. The number of carbonyl (C=O) groups is 2. The van der Waals surface area contributed by atoms with Gasteiger partial charge in [0.2, 0.25) is 15.9 Å². The lowest BCUT2D eigenvalue weighted by Gasteiger charge is -2.19. The van der Waals surface area contributed by atoms with Crippen LogP contribution in [0.15, 0.2) is 59.8 Å². The molecule has 1 unspecified atom stereocenters. The summed E-state index contributed by atoms with van der Waals surface area (Å²) < 4.78 is 23.4. The minimum atomic E-state index is -3.84. The number of benzene rings is 2. The molecular formula is C22H23ClN6O4S. The van der Waals surface area contributed by atoms with Gasteiger partial charge in [0.1, 0.15) is 11.5 Å². The molecule has 0 radical (unpaired) electrons. The Bertz CT molecular complexity index is 1330. The number of nitrogens with two attached hydrogens (primary N) is 1. The van der Waals surface area contributed by atoms with Crippen molar-refractivity contribution in [3.05, 3.63) is 71.1 Å². The van der Waals surface area contributed by atoms with Gasteiger partial charge in [-0.1, -0.05) is 30.7 Å². The van der Waals surface area contributed by atoms with Crippen LogP contribution < -0.4 is 21.1 Å². The predicted octanol–water partition coefficient (Wildman–Crippen LogP) is 3.55. The molecule has 5 N–H and O–H groups in total. The fourth-order valence-corrected chi connectivity index (χ4v) is 3.90. The van der Waals surface area contributed by atoms with Crippen molar-refractivity contribution >= 4 is 50.6 Å². The maximum atomic E-state index is 12.8. The second-order valence-electron chi connectivity index (χ2n) is 7.34. The summed E-state index contributed by atoms with van der Waals surface area (Å²) in [5, 5.41) is 14.1. The van der Waals surface area contributed by atoms with Crippen LogP contribution in [0.25, 0.3) is 0 Å². The first-order chi connectivity index (χ1) is 16.1. The van der Waals surface area contributed by atoms with Crippen molar-refractivity contribution in [2.45, 2.75) is 31.2 Å². The molecule has 0 spiro atoms. The molecule has 0 saturated carbocycles. The molecule has 3 aromatic rings. The highest BCUT2D eigenvalue weighted by atomic mass is 35.5. The van der Waals surface area contributed by atoms with Gasteiger partial charge in [-0.25, -0.2) is 18.5 Å². The molecule has 0 saturated heterocycles. The third kappa shape index (κ3) is 6.50. The number of aromatic nitrogens is 2. The molecule has 34 heavy (non-hydrogen) atoms. The van der Waals surface area contributed by atoms with Crippen molar-refractivity contribution in [2.75, 3.05) is 16.0 Å². The number of nitrogens with zero attached hydrogens (tertiary/aromatic N) is 2. The molecule has 10 nitrogen and oxygen atoms in total. The lowest BCUT2D eigenvalue weighted by atomic mass is 10.0. The number of amides is 2. The molecule has 0 bridgehead atoms. The Balaban J connectivity index is 1.81. The highest BCUT2D eigenvalue weighted by Crippen LogP contribution is 2.27. The topological polar surface area (TPSA) is 156 Å². The summed E-state index contributed by atoms with van der Waals surface area (Å²) in [6, 6.07) is 10.6. The monoisotopic (exact) mass is 502 g/mol. The first kappa shape index (κ1) is 25.1. The van der Waals surface area contributed by atoms with Crippen molar-refractivity contribution in [1.82, 2.24) is 9.97 Å². The second kappa shape index (κ2) is 10.6. The Morgan fingerprint density at radius 2 is 1.85 bits per heavy atom. The quantitative estimate of drug-likeness (QED) is 0.367. The number of carbonyl (C=O) groups excluding carboxylic acids is 2. The normalized spacial score (nSPS) is 12.0. The number of rotatable bonds is 8. The maximum absolute atomic E-state index is 12.8. The molecular weight excluding hydrogens is 480 g/mol. The minimum absolute atomic E-state index is 0.00222. The third-order valence-corrected chi connectivity index (χ3v) is 5.87. The fraction of sp³-hybridized carbons (Fsp3) is 0.182. The first-order valence-electron chi connectivity index (χ1n) is 10.2. The van der Waals surface area contributed by atoms with E-state index in [0.29, 0.717) is 34.2 Å². The van der Waals surface area contributed by atoms with E-state index >= 15 is 0 Å². The highest BCUT2D eigenvalue weighted by Gasteiger charge is 2.17. The molecule has 0 aliphatic rings. The van der Waals surface area contributed by atoms with Crippen molar-refractivity contribution in [1.29, 1.82) is 0 Å². The van der Waals surface area contributed by atoms with Gasteiger partial charge in [-0.2, -0.15) is 0 Å². The average molecular weight is 503 g/mol. The molecule has 2 amide bonds. The van der Waals surface area contributed by atoms with Crippen LogP contribution in [0.4, 0.5) is 17.2 Å². The Labute approximate surface area is 202 Å². The number of halogens is 1. The average Bonchev–Trinajstić information content (AvgIpc) is 2.78. The van der Waals surface area contributed by atoms with E-state index in [1.165, 1.54) is 37.5 Å². The zero-order chi connectivity index (χ0) is 24.9. The van der Waals surface area contributed by atoms with Gasteiger partial charge in [0, 0.05) is 11.9 Å². The van der Waals surface area contributed by atoms with E-state index in [9.17, 15) is 18.0 Å². The standard InChI is InChI=1S/C22H23ClN6O4S/c1-3-17(14-5-4-6-16(9-14)34(24,32)33)27-21-12-25-11-20(28-21)22(31)29-18-8-7-15(23)10-19(18)26-13(2)30/h4-12,17H,3H2,1-2H3,(H,26,30)(H,27,28)(H,29,31)(H2,24,32,33). The van der Waals surface area contributed by atoms with Gasteiger partial charge in [0.05, 0.1) is 34.7 Å². The molecule has 0 aliphatic carbocycles. The van der Waals surface area contributed by atoms with E-state index in [1.807, 2.05) is 6.92 Å². The maximum Gasteiger partial charge on any atom is 0.276 e. The van der Waals surface area contributed by atoms with Crippen LogP contribution in [0.2, 0.25) is 5.02 Å². The molecule has 0 aliphatic heterocycles. The molecule has 178 valence electrons. The van der Waals surface area contributed by atoms with Gasteiger partial charge in [-0.3, -0.25) is 14.6 Å². The Hall–Kier alpha value is -3.54. The molecule has 3 rings (SSSR count). The van der Waals surface area contributed by atoms with Crippen LogP contribution in [-0.4, -0.2) is 30.2 Å². The number of hydrogen-bond acceptors (Lipinski definition) is 7. The zero-order valence-electron chi connectivity index (χ0n) is 18.4. The number of hydrogen-bond donors (Lipinski definition) is 4. The molecule has 1 atom stereocenters. The van der Waals surface area contributed by atoms with E-state index in [2.05, 4.69) is 25.9 Å². The number of primary sulfonamides is 1. The predicted molar refractivity (Wildman–Crippen MR) is 130 cm³/mol. The van der Waals surface area contributed by atoms with Crippen LogP contribution in [0.3, 0.4) is 0 Å². The Kier molecular flexibility index (Phi) is 7.82. The summed E-state index contributed by atoms with van der Waals surface area (Å²) in [5.74, 6) is -0.547. The van der Waals surface area contributed by atoms with Crippen molar-refractivity contribution in [3.63, 3.8) is 0 Å². The van der Waals surface area contributed by atoms with E-state index in [1.54, 1.807) is 24.3 Å². The van der Waals surface area contributed by atoms with E-state index < -0.39 is 15.9 Å². The van der Waals surface area contributed by atoms with Gasteiger partial charge in [0.25, 0.3) is 5.91 Å². The Morgan fingerprint density at radius 3 is 2.53 bits per heavy atom. The first-order valence-corrected chi connectivity index (χ1v) is 12.1. The van der Waals surface area contributed by atoms with Gasteiger partial charge in [-0.05, 0) is 42.3 Å². The van der Waals surface area contributed by atoms with Crippen LogP contribution in [0.1, 0.15) is 42.4 Å². The van der Waals surface area contributed by atoms with Gasteiger partial charge >= 0.3 is 0 Å². The molecule has 2 aromatic carbocycles. The number of nitrogens with one attached hydrogen (secondary N) is 3. The van der Waals surface area contributed by atoms with E-state index in [-0.39, 0.29) is 22.5 Å². The van der Waals surface area contributed by atoms with E-state index in [0.717, 1.165) is 0 Å². The largest absolute Gasteiger partial charge is 0.362 e. The molecule has 1 aromatic heterocycles. The van der Waals surface area contributed by atoms with Gasteiger partial charge in [-0.15, -0.1) is 0 Å². The smallest absolute Gasteiger partial charge is 0.276 e. The van der Waals surface area contributed by atoms with E-state index in [4.69, 9.17) is 16.7 Å². The SMILES string of the molecule is CCC(Nc1cncc(C(=O)Nc2ccc(Cl)cc2NC(C)=O)n1)c1cccc(S(N)(=O)=O)c1. The molecule has 1 heterocycles. The number of anilines is 3. The van der Waals surface area contributed by atoms with Crippen LogP contribution in [-0.2, 0) is 14.8 Å². The third-order valence-electron chi connectivity index (χ3n) is 4.73. The summed E-state index contributed by atoms with van der Waals surface area (Å²) >= 11 is 5.99. The molecule has 0 fully saturated rings. The number of sulfonamides is 1. The van der Waals surface area contributed by atoms with Crippen molar-refractivity contribution in [3.8, 4) is 0 Å². The van der Waals surface area contributed by atoms with Crippen LogP contribution in [0, 0.1) is 0 Å². The lowest BCUT2D eigenvalue weighted by molar-refractivity contribution is -0.114.